The molecule has 0 unspecified atom stereocenters. The number of aromatic nitrogens is 2. The van der Waals surface area contributed by atoms with Crippen molar-refractivity contribution in [2.45, 2.75) is 6.92 Å². The molecule has 0 aliphatic carbocycles. The first-order chi connectivity index (χ1) is 10.7. The quantitative estimate of drug-likeness (QED) is 0.535. The number of carbonyl (C=O) groups excluding carboxylic acids is 1. The molecule has 0 amide bonds. The second-order valence-electron chi connectivity index (χ2n) is 5.07. The van der Waals surface area contributed by atoms with Crippen LogP contribution in [0, 0.1) is 6.92 Å². The number of benzene rings is 2. The van der Waals surface area contributed by atoms with E-state index in [9.17, 15) is 4.79 Å². The number of nitrogens with zero attached hydrogens (tertiary/aromatic N) is 2. The standard InChI is InChI=1S/C19H16N2O/c1-15-7-5-6-10-18(15)19(22)12-11-16-13-20-21(14-16)17-8-3-2-4-9-17/h2-14H,1H3/b12-11+. The zero-order valence-corrected chi connectivity index (χ0v) is 12.3. The third-order valence-corrected chi connectivity index (χ3v) is 3.46. The van der Waals surface area contributed by atoms with Crippen LogP contribution in [-0.2, 0) is 0 Å². The fraction of sp³-hybridized carbons (Fsp3) is 0.0526. The predicted molar refractivity (Wildman–Crippen MR) is 88.1 cm³/mol. The summed E-state index contributed by atoms with van der Waals surface area (Å²) in [6, 6.07) is 17.5. The summed E-state index contributed by atoms with van der Waals surface area (Å²) in [7, 11) is 0. The maximum Gasteiger partial charge on any atom is 0.186 e. The zero-order chi connectivity index (χ0) is 15.4. The summed E-state index contributed by atoms with van der Waals surface area (Å²) < 4.78 is 1.79. The number of hydrogen-bond donors (Lipinski definition) is 0. The lowest BCUT2D eigenvalue weighted by molar-refractivity contribution is 0.104. The van der Waals surface area contributed by atoms with Gasteiger partial charge in [0.25, 0.3) is 0 Å². The summed E-state index contributed by atoms with van der Waals surface area (Å²) >= 11 is 0. The van der Waals surface area contributed by atoms with Crippen LogP contribution in [0.25, 0.3) is 11.8 Å². The average Bonchev–Trinajstić information content (AvgIpc) is 3.03. The highest BCUT2D eigenvalue weighted by atomic mass is 16.1. The van der Waals surface area contributed by atoms with Gasteiger partial charge in [0.05, 0.1) is 11.9 Å². The van der Waals surface area contributed by atoms with E-state index in [4.69, 9.17) is 0 Å². The Bertz CT molecular complexity index is 816. The maximum atomic E-state index is 12.2. The Balaban J connectivity index is 1.78. The average molecular weight is 288 g/mol. The van der Waals surface area contributed by atoms with Gasteiger partial charge in [0.1, 0.15) is 0 Å². The van der Waals surface area contributed by atoms with Gasteiger partial charge >= 0.3 is 0 Å². The Labute approximate surface area is 129 Å². The first-order valence-electron chi connectivity index (χ1n) is 7.12. The van der Waals surface area contributed by atoms with Crippen LogP contribution in [0.15, 0.2) is 73.1 Å². The summed E-state index contributed by atoms with van der Waals surface area (Å²) in [6.07, 6.45) is 7.03. The molecular weight excluding hydrogens is 272 g/mol. The molecule has 22 heavy (non-hydrogen) atoms. The largest absolute Gasteiger partial charge is 0.289 e. The molecular formula is C19H16N2O. The molecule has 0 fully saturated rings. The van der Waals surface area contributed by atoms with Gasteiger partial charge in [-0.15, -0.1) is 0 Å². The summed E-state index contributed by atoms with van der Waals surface area (Å²) in [5, 5.41) is 4.31. The number of para-hydroxylation sites is 1. The van der Waals surface area contributed by atoms with Crippen molar-refractivity contribution in [3.05, 3.63) is 89.8 Å². The van der Waals surface area contributed by atoms with Crippen molar-refractivity contribution in [3.8, 4) is 5.69 Å². The number of aryl methyl sites for hydroxylation is 1. The van der Waals surface area contributed by atoms with Gasteiger partial charge in [-0.05, 0) is 36.8 Å². The summed E-state index contributed by atoms with van der Waals surface area (Å²) in [6.45, 7) is 1.94. The van der Waals surface area contributed by atoms with Crippen LogP contribution in [-0.4, -0.2) is 15.6 Å². The lowest BCUT2D eigenvalue weighted by atomic mass is 10.0. The van der Waals surface area contributed by atoms with E-state index in [1.807, 2.05) is 67.7 Å². The van der Waals surface area contributed by atoms with Crippen molar-refractivity contribution in [2.75, 3.05) is 0 Å². The van der Waals surface area contributed by atoms with Crippen LogP contribution in [0.3, 0.4) is 0 Å². The monoisotopic (exact) mass is 288 g/mol. The molecule has 0 aliphatic rings. The Morgan fingerprint density at radius 3 is 2.55 bits per heavy atom. The summed E-state index contributed by atoms with van der Waals surface area (Å²) in [5.74, 6) is 0.00515. The van der Waals surface area contributed by atoms with Gasteiger partial charge < -0.3 is 0 Å². The van der Waals surface area contributed by atoms with E-state index < -0.39 is 0 Å². The van der Waals surface area contributed by atoms with Crippen LogP contribution in [0.5, 0.6) is 0 Å². The van der Waals surface area contributed by atoms with E-state index in [1.165, 1.54) is 0 Å². The number of ketones is 1. The summed E-state index contributed by atoms with van der Waals surface area (Å²) in [4.78, 5) is 12.2. The highest BCUT2D eigenvalue weighted by molar-refractivity contribution is 6.07. The first kappa shape index (κ1) is 14.0. The van der Waals surface area contributed by atoms with Crippen LogP contribution in [0.1, 0.15) is 21.5 Å². The van der Waals surface area contributed by atoms with E-state index in [0.717, 1.165) is 22.4 Å². The van der Waals surface area contributed by atoms with Gasteiger partial charge in [-0.25, -0.2) is 4.68 Å². The number of carbonyl (C=O) groups is 1. The molecule has 1 heterocycles. The van der Waals surface area contributed by atoms with Crippen molar-refractivity contribution < 1.29 is 4.79 Å². The van der Waals surface area contributed by atoms with Crippen molar-refractivity contribution in [1.29, 1.82) is 0 Å². The topological polar surface area (TPSA) is 34.9 Å². The fourth-order valence-corrected chi connectivity index (χ4v) is 2.26. The van der Waals surface area contributed by atoms with E-state index in [0.29, 0.717) is 0 Å². The second-order valence-corrected chi connectivity index (χ2v) is 5.07. The highest BCUT2D eigenvalue weighted by Gasteiger charge is 2.04. The normalized spacial score (nSPS) is 11.0. The number of hydrogen-bond acceptors (Lipinski definition) is 2. The SMILES string of the molecule is Cc1ccccc1C(=O)/C=C/c1cnn(-c2ccccc2)c1. The second kappa shape index (κ2) is 6.22. The minimum atomic E-state index is 0.00515. The van der Waals surface area contributed by atoms with Crippen LogP contribution >= 0.6 is 0 Å². The lowest BCUT2D eigenvalue weighted by Gasteiger charge is -1.99. The number of allylic oxidation sites excluding steroid dienone is 1. The molecule has 108 valence electrons. The van der Waals surface area contributed by atoms with Gasteiger partial charge in [-0.2, -0.15) is 5.10 Å². The van der Waals surface area contributed by atoms with Gasteiger partial charge in [-0.3, -0.25) is 4.79 Å². The molecule has 3 heteroatoms. The molecule has 0 bridgehead atoms. The van der Waals surface area contributed by atoms with E-state index >= 15 is 0 Å². The van der Waals surface area contributed by atoms with E-state index in [2.05, 4.69) is 5.10 Å². The molecule has 0 atom stereocenters. The third-order valence-electron chi connectivity index (χ3n) is 3.46. The third kappa shape index (κ3) is 3.04. The van der Waals surface area contributed by atoms with Crippen LogP contribution in [0.4, 0.5) is 0 Å². The van der Waals surface area contributed by atoms with Crippen molar-refractivity contribution >= 4 is 11.9 Å². The molecule has 1 aromatic heterocycles. The van der Waals surface area contributed by atoms with Crippen molar-refractivity contribution in [1.82, 2.24) is 9.78 Å². The van der Waals surface area contributed by atoms with Crippen molar-refractivity contribution in [3.63, 3.8) is 0 Å². The molecule has 0 N–H and O–H groups in total. The zero-order valence-electron chi connectivity index (χ0n) is 12.3. The number of rotatable bonds is 4. The maximum absolute atomic E-state index is 12.2. The molecule has 3 nitrogen and oxygen atoms in total. The molecule has 2 aromatic carbocycles. The minimum Gasteiger partial charge on any atom is -0.289 e. The fourth-order valence-electron chi connectivity index (χ4n) is 2.26. The lowest BCUT2D eigenvalue weighted by Crippen LogP contribution is -1.96. The van der Waals surface area contributed by atoms with Gasteiger partial charge in [0.2, 0.25) is 0 Å². The minimum absolute atomic E-state index is 0.00515. The smallest absolute Gasteiger partial charge is 0.186 e. The molecule has 0 radical (unpaired) electrons. The van der Waals surface area contributed by atoms with Crippen LogP contribution in [0.2, 0.25) is 0 Å². The molecule has 3 aromatic rings. The first-order valence-corrected chi connectivity index (χ1v) is 7.12. The van der Waals surface area contributed by atoms with E-state index in [-0.39, 0.29) is 5.78 Å². The highest BCUT2D eigenvalue weighted by Crippen LogP contribution is 2.11. The summed E-state index contributed by atoms with van der Waals surface area (Å²) in [5.41, 5.74) is 3.60. The molecule has 0 spiro atoms. The Morgan fingerprint density at radius 1 is 1.05 bits per heavy atom. The molecule has 0 saturated heterocycles. The van der Waals surface area contributed by atoms with Gasteiger partial charge in [-0.1, -0.05) is 42.5 Å². The Morgan fingerprint density at radius 2 is 1.77 bits per heavy atom. The molecule has 0 aliphatic heterocycles. The van der Waals surface area contributed by atoms with Gasteiger partial charge in [0.15, 0.2) is 5.78 Å². The molecule has 0 saturated carbocycles. The molecule has 3 rings (SSSR count). The van der Waals surface area contributed by atoms with Crippen LogP contribution < -0.4 is 0 Å². The Hall–Kier alpha value is -2.94. The Kier molecular flexibility index (Phi) is 3.97. The van der Waals surface area contributed by atoms with Gasteiger partial charge in [0, 0.05) is 17.3 Å². The van der Waals surface area contributed by atoms with E-state index in [1.54, 1.807) is 23.0 Å². The predicted octanol–water partition coefficient (Wildman–Crippen LogP) is 4.08. The van der Waals surface area contributed by atoms with Crippen molar-refractivity contribution in [2.24, 2.45) is 0 Å².